The van der Waals surface area contributed by atoms with E-state index in [-0.39, 0.29) is 23.4 Å². The molecule has 3 aliphatic carbocycles. The SMILES string of the molecule is Cc1cnn(C23CC(NC(=O)[C@H]4C[C@@H](O)c5cc(Cl)ccc5O4)(C2)C3)c1. The molecular weight excluding hydrogens is 354 g/mol. The summed E-state index contributed by atoms with van der Waals surface area (Å²) in [4.78, 5) is 12.7. The lowest BCUT2D eigenvalue weighted by Gasteiger charge is -2.70. The minimum atomic E-state index is -0.750. The van der Waals surface area contributed by atoms with Crippen LogP contribution < -0.4 is 10.1 Å². The van der Waals surface area contributed by atoms with Gasteiger partial charge in [-0.05, 0) is 49.9 Å². The van der Waals surface area contributed by atoms with Crippen LogP contribution in [-0.4, -0.2) is 32.4 Å². The van der Waals surface area contributed by atoms with Crippen molar-refractivity contribution in [2.24, 2.45) is 0 Å². The first-order chi connectivity index (χ1) is 12.4. The Labute approximate surface area is 156 Å². The fourth-order valence-corrected chi connectivity index (χ4v) is 4.88. The third-order valence-corrected chi connectivity index (χ3v) is 6.15. The summed E-state index contributed by atoms with van der Waals surface area (Å²) in [6.45, 7) is 2.03. The molecule has 26 heavy (non-hydrogen) atoms. The molecule has 136 valence electrons. The smallest absolute Gasteiger partial charge is 0.261 e. The molecule has 2 aromatic rings. The van der Waals surface area contributed by atoms with Crippen LogP contribution in [0.1, 0.15) is 42.9 Å². The molecular formula is C19H20ClN3O3. The molecule has 1 aromatic carbocycles. The highest BCUT2D eigenvalue weighted by atomic mass is 35.5. The first kappa shape index (κ1) is 16.1. The predicted molar refractivity (Wildman–Crippen MR) is 95.1 cm³/mol. The van der Waals surface area contributed by atoms with E-state index in [2.05, 4.69) is 16.6 Å². The van der Waals surface area contributed by atoms with Crippen molar-refractivity contribution in [3.63, 3.8) is 0 Å². The molecule has 0 spiro atoms. The Morgan fingerprint density at radius 3 is 2.88 bits per heavy atom. The highest BCUT2D eigenvalue weighted by molar-refractivity contribution is 6.30. The standard InChI is InChI=1S/C19H20ClN3O3/c1-11-6-21-23(7-11)19-8-18(9-19,10-19)22-17(25)16-5-14(24)13-4-12(20)2-3-15(13)26-16/h2-4,6-7,14,16,24H,5,8-10H2,1H3,(H,22,25)/t14-,16-,18?,19?/m1/s1. The lowest BCUT2D eigenvalue weighted by atomic mass is 9.44. The Morgan fingerprint density at radius 2 is 2.19 bits per heavy atom. The number of benzene rings is 1. The average Bonchev–Trinajstić information content (AvgIpc) is 2.96. The van der Waals surface area contributed by atoms with E-state index in [0.29, 0.717) is 16.3 Å². The molecule has 1 aliphatic heterocycles. The van der Waals surface area contributed by atoms with Crippen LogP contribution in [0.5, 0.6) is 5.75 Å². The zero-order valence-electron chi connectivity index (χ0n) is 14.4. The van der Waals surface area contributed by atoms with E-state index < -0.39 is 12.2 Å². The second-order valence-electron chi connectivity index (χ2n) is 8.03. The van der Waals surface area contributed by atoms with Crippen molar-refractivity contribution in [2.45, 2.75) is 55.9 Å². The van der Waals surface area contributed by atoms with Crippen molar-refractivity contribution in [1.82, 2.24) is 15.1 Å². The van der Waals surface area contributed by atoms with E-state index in [0.717, 1.165) is 24.8 Å². The molecule has 2 atom stereocenters. The number of halogens is 1. The van der Waals surface area contributed by atoms with Crippen molar-refractivity contribution in [3.05, 3.63) is 46.7 Å². The molecule has 6 rings (SSSR count). The number of ether oxygens (including phenoxy) is 1. The number of carbonyl (C=O) groups is 1. The number of hydrogen-bond donors (Lipinski definition) is 2. The van der Waals surface area contributed by atoms with Crippen molar-refractivity contribution in [2.75, 3.05) is 0 Å². The maximum Gasteiger partial charge on any atom is 0.261 e. The van der Waals surface area contributed by atoms with Gasteiger partial charge in [-0.3, -0.25) is 9.48 Å². The van der Waals surface area contributed by atoms with E-state index in [9.17, 15) is 9.90 Å². The lowest BCUT2D eigenvalue weighted by Crippen LogP contribution is -2.79. The van der Waals surface area contributed by atoms with Gasteiger partial charge in [0.25, 0.3) is 5.91 Å². The maximum atomic E-state index is 12.7. The Hall–Kier alpha value is -2.05. The van der Waals surface area contributed by atoms with Gasteiger partial charge < -0.3 is 15.2 Å². The molecule has 1 aromatic heterocycles. The first-order valence-corrected chi connectivity index (χ1v) is 9.24. The first-order valence-electron chi connectivity index (χ1n) is 8.86. The van der Waals surface area contributed by atoms with Crippen LogP contribution in [0.25, 0.3) is 0 Å². The van der Waals surface area contributed by atoms with Gasteiger partial charge in [0.2, 0.25) is 0 Å². The van der Waals surface area contributed by atoms with Gasteiger partial charge in [0, 0.05) is 28.7 Å². The largest absolute Gasteiger partial charge is 0.480 e. The summed E-state index contributed by atoms with van der Waals surface area (Å²) in [5.74, 6) is 0.365. The molecule has 2 bridgehead atoms. The van der Waals surface area contributed by atoms with Gasteiger partial charge in [0.15, 0.2) is 6.10 Å². The zero-order valence-corrected chi connectivity index (χ0v) is 15.2. The van der Waals surface area contributed by atoms with Gasteiger partial charge in [-0.1, -0.05) is 11.6 Å². The summed E-state index contributed by atoms with van der Waals surface area (Å²) >= 11 is 5.97. The third kappa shape index (κ3) is 2.28. The number of carbonyl (C=O) groups excluding carboxylic acids is 1. The monoisotopic (exact) mass is 373 g/mol. The molecule has 0 radical (unpaired) electrons. The third-order valence-electron chi connectivity index (χ3n) is 5.92. The van der Waals surface area contributed by atoms with Crippen molar-refractivity contribution >= 4 is 17.5 Å². The second-order valence-corrected chi connectivity index (χ2v) is 8.46. The minimum Gasteiger partial charge on any atom is -0.480 e. The van der Waals surface area contributed by atoms with E-state index in [4.69, 9.17) is 16.3 Å². The van der Waals surface area contributed by atoms with Crippen LogP contribution >= 0.6 is 11.6 Å². The summed E-state index contributed by atoms with van der Waals surface area (Å²) in [6.07, 6.45) is 5.42. The van der Waals surface area contributed by atoms with Gasteiger partial charge in [-0.25, -0.2) is 0 Å². The summed E-state index contributed by atoms with van der Waals surface area (Å²) < 4.78 is 7.85. The normalized spacial score (nSPS) is 34.1. The quantitative estimate of drug-likeness (QED) is 0.866. The van der Waals surface area contributed by atoms with Crippen LogP contribution in [-0.2, 0) is 10.3 Å². The van der Waals surface area contributed by atoms with Gasteiger partial charge in [-0.15, -0.1) is 0 Å². The fourth-order valence-electron chi connectivity index (χ4n) is 4.70. The van der Waals surface area contributed by atoms with Crippen LogP contribution in [0, 0.1) is 6.92 Å². The number of amides is 1. The van der Waals surface area contributed by atoms with Gasteiger partial charge in [-0.2, -0.15) is 5.10 Å². The van der Waals surface area contributed by atoms with Crippen LogP contribution in [0.2, 0.25) is 5.02 Å². The summed E-state index contributed by atoms with van der Waals surface area (Å²) in [6, 6.07) is 5.09. The Bertz CT molecular complexity index is 889. The average molecular weight is 374 g/mol. The predicted octanol–water partition coefficient (Wildman–Crippen LogP) is 2.48. The van der Waals surface area contributed by atoms with Gasteiger partial charge in [0.1, 0.15) is 5.75 Å². The molecule has 0 saturated heterocycles. The number of nitrogens with one attached hydrogen (secondary N) is 1. The van der Waals surface area contributed by atoms with Crippen molar-refractivity contribution in [1.29, 1.82) is 0 Å². The number of hydrogen-bond acceptors (Lipinski definition) is 4. The number of nitrogens with zero attached hydrogens (tertiary/aromatic N) is 2. The summed E-state index contributed by atoms with van der Waals surface area (Å²) in [7, 11) is 0. The van der Waals surface area contributed by atoms with Crippen LogP contribution in [0.4, 0.5) is 0 Å². The fraction of sp³-hybridized carbons (Fsp3) is 0.474. The second kappa shape index (κ2) is 5.24. The number of aryl methyl sites for hydroxylation is 1. The Kier molecular flexibility index (Phi) is 3.25. The molecule has 2 N–H and O–H groups in total. The number of aliphatic hydroxyl groups is 1. The Morgan fingerprint density at radius 1 is 1.42 bits per heavy atom. The lowest BCUT2D eigenvalue weighted by molar-refractivity contribution is -0.165. The summed E-state index contributed by atoms with van der Waals surface area (Å²) in [5, 5.41) is 18.5. The number of aliphatic hydroxyl groups excluding tert-OH is 1. The molecule has 3 fully saturated rings. The van der Waals surface area contributed by atoms with E-state index in [1.165, 1.54) is 0 Å². The molecule has 6 nitrogen and oxygen atoms in total. The molecule has 7 heteroatoms. The molecule has 4 aliphatic rings. The van der Waals surface area contributed by atoms with Crippen molar-refractivity contribution < 1.29 is 14.6 Å². The maximum absolute atomic E-state index is 12.7. The topological polar surface area (TPSA) is 76.4 Å². The van der Waals surface area contributed by atoms with E-state index in [1.807, 2.05) is 17.8 Å². The molecule has 3 saturated carbocycles. The highest BCUT2D eigenvalue weighted by Crippen LogP contribution is 2.65. The minimum absolute atomic E-state index is 0.0673. The number of fused-ring (bicyclic) bond motifs is 1. The zero-order chi connectivity index (χ0) is 18.1. The Balaban J connectivity index is 1.25. The molecule has 1 amide bonds. The van der Waals surface area contributed by atoms with Crippen molar-refractivity contribution in [3.8, 4) is 5.75 Å². The number of rotatable bonds is 3. The highest BCUT2D eigenvalue weighted by Gasteiger charge is 2.70. The van der Waals surface area contributed by atoms with E-state index in [1.54, 1.807) is 18.2 Å². The summed E-state index contributed by atoms with van der Waals surface area (Å²) in [5.41, 5.74) is 1.71. The number of aromatic nitrogens is 2. The van der Waals surface area contributed by atoms with Gasteiger partial charge >= 0.3 is 0 Å². The molecule has 0 unspecified atom stereocenters. The van der Waals surface area contributed by atoms with Crippen LogP contribution in [0.3, 0.4) is 0 Å². The van der Waals surface area contributed by atoms with Gasteiger partial charge in [0.05, 0.1) is 17.8 Å². The van der Waals surface area contributed by atoms with E-state index >= 15 is 0 Å². The molecule has 2 heterocycles. The van der Waals surface area contributed by atoms with Crippen LogP contribution in [0.15, 0.2) is 30.6 Å².